The van der Waals surface area contributed by atoms with Crippen LogP contribution in [0.4, 0.5) is 0 Å². The number of amides is 2. The number of fused-ring (bicyclic) bond motifs is 1. The molecular formula is C13H11N8NaO4S3. The fraction of sp³-hybridized carbons (Fsp3) is 0.385. The number of hydrogen-bond donors (Lipinski definition) is 1. The molecule has 2 atom stereocenters. The van der Waals surface area contributed by atoms with Crippen molar-refractivity contribution in [2.75, 3.05) is 11.5 Å². The molecule has 0 aromatic carbocycles. The molecule has 146 valence electrons. The number of aliphatic carboxylic acids is 1. The summed E-state index contributed by atoms with van der Waals surface area (Å²) in [7, 11) is 0. The van der Waals surface area contributed by atoms with E-state index in [1.165, 1.54) is 50.8 Å². The average Bonchev–Trinajstić information content (AvgIpc) is 3.37. The van der Waals surface area contributed by atoms with Gasteiger partial charge < -0.3 is 15.2 Å². The Morgan fingerprint density at radius 3 is 2.86 bits per heavy atom. The van der Waals surface area contributed by atoms with Gasteiger partial charge in [0, 0.05) is 11.5 Å². The van der Waals surface area contributed by atoms with Crippen LogP contribution in [0.15, 0.2) is 27.4 Å². The van der Waals surface area contributed by atoms with Gasteiger partial charge >= 0.3 is 29.6 Å². The van der Waals surface area contributed by atoms with Gasteiger partial charge in [-0.05, 0) is 16.0 Å². The minimum absolute atomic E-state index is 0. The molecule has 0 bridgehead atoms. The first-order chi connectivity index (χ1) is 13.5. The van der Waals surface area contributed by atoms with Gasteiger partial charge in [0.1, 0.15) is 29.8 Å². The van der Waals surface area contributed by atoms with E-state index in [2.05, 4.69) is 31.0 Å². The molecule has 2 aromatic heterocycles. The number of carbonyl (C=O) groups is 3. The predicted octanol–water partition coefficient (Wildman–Crippen LogP) is -5.28. The van der Waals surface area contributed by atoms with Crippen LogP contribution in [-0.4, -0.2) is 76.0 Å². The third-order valence-electron chi connectivity index (χ3n) is 3.96. The molecule has 1 saturated heterocycles. The van der Waals surface area contributed by atoms with E-state index in [9.17, 15) is 19.5 Å². The van der Waals surface area contributed by atoms with Crippen LogP contribution in [0.3, 0.4) is 0 Å². The SMILES string of the molecule is O=C(Cn1cnnn1)N[C@@H]1C(=O)N2C(C(=O)[O-])=C(CSc3nncs3)CS[C@@H]12.[Na+]. The van der Waals surface area contributed by atoms with Crippen LogP contribution in [0, 0.1) is 0 Å². The van der Waals surface area contributed by atoms with Crippen LogP contribution in [0.1, 0.15) is 0 Å². The third kappa shape index (κ3) is 4.64. The number of carboxylic acids is 1. The molecule has 0 radical (unpaired) electrons. The number of thioether (sulfide) groups is 2. The van der Waals surface area contributed by atoms with Crippen molar-refractivity contribution in [3.63, 3.8) is 0 Å². The van der Waals surface area contributed by atoms with Crippen molar-refractivity contribution in [2.45, 2.75) is 22.3 Å². The Kier molecular flexibility index (Phi) is 7.28. The summed E-state index contributed by atoms with van der Waals surface area (Å²) in [5.74, 6) is -1.58. The van der Waals surface area contributed by atoms with Crippen LogP contribution < -0.4 is 40.0 Å². The quantitative estimate of drug-likeness (QED) is 0.238. The summed E-state index contributed by atoms with van der Waals surface area (Å²) in [5.41, 5.74) is 2.04. The molecule has 1 fully saturated rings. The van der Waals surface area contributed by atoms with Gasteiger partial charge in [0.25, 0.3) is 5.91 Å². The van der Waals surface area contributed by atoms with Crippen LogP contribution in [-0.2, 0) is 20.9 Å². The Hall–Kier alpha value is -1.52. The summed E-state index contributed by atoms with van der Waals surface area (Å²) in [6.45, 7) is -0.138. The summed E-state index contributed by atoms with van der Waals surface area (Å²) in [4.78, 5) is 37.5. The van der Waals surface area contributed by atoms with Gasteiger partial charge in [-0.2, -0.15) is 0 Å². The van der Waals surface area contributed by atoms with Gasteiger partial charge in [-0.3, -0.25) is 14.5 Å². The van der Waals surface area contributed by atoms with Crippen LogP contribution in [0.2, 0.25) is 0 Å². The Bertz CT molecular complexity index is 938. The maximum Gasteiger partial charge on any atom is 1.00 e. The normalized spacial score (nSPS) is 20.6. The zero-order chi connectivity index (χ0) is 19.7. The summed E-state index contributed by atoms with van der Waals surface area (Å²) in [6.07, 6.45) is 1.28. The Morgan fingerprint density at radius 1 is 1.38 bits per heavy atom. The van der Waals surface area contributed by atoms with E-state index >= 15 is 0 Å². The second kappa shape index (κ2) is 9.53. The number of β-lactam (4-membered cyclic amide) rings is 1. The predicted molar refractivity (Wildman–Crippen MR) is 95.5 cm³/mol. The largest absolute Gasteiger partial charge is 1.00 e. The number of hydrogen-bond acceptors (Lipinski definition) is 12. The van der Waals surface area contributed by atoms with Gasteiger partial charge in [0.05, 0.1) is 11.7 Å². The Labute approximate surface area is 198 Å². The molecule has 2 aliphatic heterocycles. The van der Waals surface area contributed by atoms with Crippen LogP contribution in [0.25, 0.3) is 0 Å². The van der Waals surface area contributed by atoms with E-state index in [0.717, 1.165) is 0 Å². The maximum absolute atomic E-state index is 12.5. The molecule has 29 heavy (non-hydrogen) atoms. The van der Waals surface area contributed by atoms with E-state index in [1.54, 1.807) is 5.51 Å². The maximum atomic E-state index is 12.5. The number of carboxylic acid groups (broad SMARTS) is 1. The van der Waals surface area contributed by atoms with Gasteiger partial charge in [-0.1, -0.05) is 23.1 Å². The van der Waals surface area contributed by atoms with Crippen molar-refractivity contribution in [3.8, 4) is 0 Å². The number of nitrogens with zero attached hydrogens (tertiary/aromatic N) is 7. The smallest absolute Gasteiger partial charge is 0.543 e. The molecule has 16 heteroatoms. The van der Waals surface area contributed by atoms with Crippen LogP contribution >= 0.6 is 34.9 Å². The molecular weight excluding hydrogens is 451 g/mol. The molecule has 12 nitrogen and oxygen atoms in total. The van der Waals surface area contributed by atoms with Crippen molar-refractivity contribution >= 4 is 52.6 Å². The standard InChI is InChI=1S/C13H12N8O4S3.Na/c22-7(1-20-4-14-18-19-20)16-8-10(23)21-9(12(24)25)6(2-26-11(8)21)3-27-13-17-15-5-28-13;/h4-5,8,11H,1-3H2,(H,16,22)(H,24,25);/q;+1/p-1/t8-,11+;/m1./s1. The molecule has 2 aromatic rings. The van der Waals surface area contributed by atoms with Gasteiger partial charge in [0.15, 0.2) is 4.34 Å². The van der Waals surface area contributed by atoms with Gasteiger partial charge in [-0.25, -0.2) is 4.68 Å². The van der Waals surface area contributed by atoms with Crippen molar-refractivity contribution < 1.29 is 49.0 Å². The van der Waals surface area contributed by atoms with Crippen LogP contribution in [0.5, 0.6) is 0 Å². The number of rotatable bonds is 7. The third-order valence-corrected chi connectivity index (χ3v) is 7.25. The summed E-state index contributed by atoms with van der Waals surface area (Å²) >= 11 is 4.09. The Morgan fingerprint density at radius 2 is 2.21 bits per heavy atom. The van der Waals surface area contributed by atoms with Gasteiger partial charge in [0.2, 0.25) is 5.91 Å². The summed E-state index contributed by atoms with van der Waals surface area (Å²) in [6, 6.07) is -0.805. The number of aromatic nitrogens is 6. The van der Waals surface area contributed by atoms with E-state index in [0.29, 0.717) is 21.4 Å². The van der Waals surface area contributed by atoms with Crippen molar-refractivity contribution in [1.82, 2.24) is 40.6 Å². The zero-order valence-electron chi connectivity index (χ0n) is 14.9. The summed E-state index contributed by atoms with van der Waals surface area (Å²) in [5, 5.41) is 31.9. The fourth-order valence-corrected chi connectivity index (χ4v) is 5.75. The molecule has 0 unspecified atom stereocenters. The first-order valence-corrected chi connectivity index (χ1v) is 10.7. The van der Waals surface area contributed by atoms with E-state index in [4.69, 9.17) is 0 Å². The number of nitrogens with one attached hydrogen (secondary N) is 1. The molecule has 0 saturated carbocycles. The molecule has 4 heterocycles. The molecule has 2 aliphatic rings. The molecule has 1 N–H and O–H groups in total. The summed E-state index contributed by atoms with van der Waals surface area (Å²) < 4.78 is 1.93. The van der Waals surface area contributed by atoms with Crippen molar-refractivity contribution in [3.05, 3.63) is 23.1 Å². The molecule has 0 spiro atoms. The van der Waals surface area contributed by atoms with Gasteiger partial charge in [-0.15, -0.1) is 27.1 Å². The van der Waals surface area contributed by atoms with E-state index in [-0.39, 0.29) is 41.8 Å². The monoisotopic (exact) mass is 462 g/mol. The molecule has 2 amide bonds. The minimum atomic E-state index is -1.41. The fourth-order valence-electron chi connectivity index (χ4n) is 2.78. The second-order valence-electron chi connectivity index (χ2n) is 5.70. The molecule has 0 aliphatic carbocycles. The zero-order valence-corrected chi connectivity index (χ0v) is 19.4. The van der Waals surface area contributed by atoms with Crippen molar-refractivity contribution in [1.29, 1.82) is 0 Å². The average molecular weight is 462 g/mol. The van der Waals surface area contributed by atoms with E-state index in [1.807, 2.05) is 0 Å². The second-order valence-corrected chi connectivity index (χ2v) is 8.86. The number of carbonyl (C=O) groups excluding carboxylic acids is 3. The number of tetrazole rings is 1. The first kappa shape index (κ1) is 22.2. The Balaban J connectivity index is 0.00000240. The molecule has 4 rings (SSSR count). The first-order valence-electron chi connectivity index (χ1n) is 7.81. The van der Waals surface area contributed by atoms with Crippen molar-refractivity contribution in [2.24, 2.45) is 0 Å². The minimum Gasteiger partial charge on any atom is -0.543 e. The topological polar surface area (TPSA) is 159 Å². The van der Waals surface area contributed by atoms with E-state index < -0.39 is 29.2 Å².